The fourth-order valence-electron chi connectivity index (χ4n) is 2.52. The number of hydrogen-bond acceptors (Lipinski definition) is 3. The predicted molar refractivity (Wildman–Crippen MR) is 113 cm³/mol. The second kappa shape index (κ2) is 9.51. The van der Waals surface area contributed by atoms with Crippen molar-refractivity contribution in [1.29, 1.82) is 0 Å². The molecule has 0 aliphatic rings. The van der Waals surface area contributed by atoms with Gasteiger partial charge in [0, 0.05) is 15.8 Å². The number of ketones is 1. The summed E-state index contributed by atoms with van der Waals surface area (Å²) in [7, 11) is 0. The average Bonchev–Trinajstić information content (AvgIpc) is 3.22. The Labute approximate surface area is 166 Å². The highest BCUT2D eigenvalue weighted by Gasteiger charge is 2.05. The van der Waals surface area contributed by atoms with Gasteiger partial charge in [0.15, 0.2) is 5.78 Å². The number of halogens is 1. The zero-order valence-corrected chi connectivity index (χ0v) is 16.6. The van der Waals surface area contributed by atoms with Crippen molar-refractivity contribution in [3.63, 3.8) is 0 Å². The molecule has 0 spiro atoms. The highest BCUT2D eigenvalue weighted by atomic mass is 79.9. The van der Waals surface area contributed by atoms with Crippen molar-refractivity contribution in [2.45, 2.75) is 6.42 Å². The molecular formula is C22H19BrO2S. The van der Waals surface area contributed by atoms with Gasteiger partial charge in [0.2, 0.25) is 0 Å². The van der Waals surface area contributed by atoms with Crippen molar-refractivity contribution >= 4 is 39.1 Å². The molecule has 0 fully saturated rings. The first-order chi connectivity index (χ1) is 12.8. The molecule has 0 unspecified atom stereocenters. The average molecular weight is 427 g/mol. The van der Waals surface area contributed by atoms with Gasteiger partial charge in [0.25, 0.3) is 0 Å². The number of rotatable bonds is 8. The van der Waals surface area contributed by atoms with Crippen LogP contribution in [0.3, 0.4) is 0 Å². The summed E-state index contributed by atoms with van der Waals surface area (Å²) in [5.74, 6) is 0.771. The predicted octanol–water partition coefficient (Wildman–Crippen LogP) is 6.48. The first-order valence-corrected chi connectivity index (χ1v) is 10.4. The van der Waals surface area contributed by atoms with E-state index in [0.717, 1.165) is 28.6 Å². The minimum Gasteiger partial charge on any atom is -0.494 e. The maximum absolute atomic E-state index is 12.5. The summed E-state index contributed by atoms with van der Waals surface area (Å²) in [6.45, 7) is 0.665. The summed E-state index contributed by atoms with van der Waals surface area (Å²) in [6.07, 6.45) is 4.47. The van der Waals surface area contributed by atoms with Crippen molar-refractivity contribution in [2.24, 2.45) is 0 Å². The number of thiophene rings is 1. The van der Waals surface area contributed by atoms with Crippen LogP contribution in [-0.2, 0) is 0 Å². The van der Waals surface area contributed by atoms with E-state index in [1.54, 1.807) is 29.5 Å². The zero-order chi connectivity index (χ0) is 18.2. The topological polar surface area (TPSA) is 26.3 Å². The summed E-state index contributed by atoms with van der Waals surface area (Å²) in [6, 6.07) is 19.5. The molecule has 3 aromatic rings. The molecule has 26 heavy (non-hydrogen) atoms. The normalized spacial score (nSPS) is 11.0. The molecule has 0 aliphatic heterocycles. The molecule has 4 heteroatoms. The van der Waals surface area contributed by atoms with Crippen LogP contribution in [0.4, 0.5) is 0 Å². The minimum absolute atomic E-state index is 0.0157. The SMILES string of the molecule is O=C(C=Cc1ccccc1-c1cccs1)c1ccc(OCCCBr)cc1. The zero-order valence-electron chi connectivity index (χ0n) is 14.2. The Balaban J connectivity index is 1.70. The lowest BCUT2D eigenvalue weighted by molar-refractivity contribution is 0.104. The molecule has 2 nitrogen and oxygen atoms in total. The van der Waals surface area contributed by atoms with Crippen LogP contribution >= 0.6 is 27.3 Å². The van der Waals surface area contributed by atoms with E-state index < -0.39 is 0 Å². The van der Waals surface area contributed by atoms with E-state index in [4.69, 9.17) is 4.74 Å². The van der Waals surface area contributed by atoms with Gasteiger partial charge in [0.05, 0.1) is 6.61 Å². The van der Waals surface area contributed by atoms with Crippen molar-refractivity contribution in [1.82, 2.24) is 0 Å². The third-order valence-corrected chi connectivity index (χ3v) is 5.31. The van der Waals surface area contributed by atoms with E-state index in [2.05, 4.69) is 33.4 Å². The van der Waals surface area contributed by atoms with Crippen molar-refractivity contribution < 1.29 is 9.53 Å². The van der Waals surface area contributed by atoms with Crippen molar-refractivity contribution in [3.05, 3.63) is 83.2 Å². The molecule has 132 valence electrons. The van der Waals surface area contributed by atoms with E-state index in [-0.39, 0.29) is 5.78 Å². The van der Waals surface area contributed by atoms with Gasteiger partial charge in [-0.2, -0.15) is 0 Å². The Morgan fingerprint density at radius 2 is 1.85 bits per heavy atom. The van der Waals surface area contributed by atoms with E-state index in [1.165, 1.54) is 4.88 Å². The third-order valence-electron chi connectivity index (χ3n) is 3.85. The van der Waals surface area contributed by atoms with E-state index in [1.807, 2.05) is 42.5 Å². The molecule has 1 aromatic heterocycles. The lowest BCUT2D eigenvalue weighted by Gasteiger charge is -2.05. The van der Waals surface area contributed by atoms with Crippen LogP contribution in [0.15, 0.2) is 72.1 Å². The Morgan fingerprint density at radius 1 is 1.04 bits per heavy atom. The van der Waals surface area contributed by atoms with Gasteiger partial charge in [-0.15, -0.1) is 11.3 Å². The second-order valence-corrected chi connectivity index (χ2v) is 7.42. The van der Waals surface area contributed by atoms with Crippen LogP contribution in [0, 0.1) is 0 Å². The fraction of sp³-hybridized carbons (Fsp3) is 0.136. The molecule has 0 amide bonds. The number of ether oxygens (including phenoxy) is 1. The first kappa shape index (κ1) is 18.6. The van der Waals surface area contributed by atoms with Gasteiger partial charge in [0.1, 0.15) is 5.75 Å². The quantitative estimate of drug-likeness (QED) is 0.178. The van der Waals surface area contributed by atoms with Crippen LogP contribution in [0.5, 0.6) is 5.75 Å². The number of carbonyl (C=O) groups excluding carboxylic acids is 1. The maximum atomic E-state index is 12.5. The van der Waals surface area contributed by atoms with Gasteiger partial charge < -0.3 is 4.74 Å². The Kier molecular flexibility index (Phi) is 6.81. The molecule has 0 N–H and O–H groups in total. The summed E-state index contributed by atoms with van der Waals surface area (Å²) in [5.41, 5.74) is 2.84. The fourth-order valence-corrected chi connectivity index (χ4v) is 3.52. The van der Waals surface area contributed by atoms with Crippen molar-refractivity contribution in [3.8, 4) is 16.2 Å². The third kappa shape index (κ3) is 4.93. The number of alkyl halides is 1. The number of benzene rings is 2. The minimum atomic E-state index is -0.0157. The largest absolute Gasteiger partial charge is 0.494 e. The first-order valence-electron chi connectivity index (χ1n) is 8.42. The van der Waals surface area contributed by atoms with Gasteiger partial charge in [-0.25, -0.2) is 0 Å². The molecule has 1 heterocycles. The van der Waals surface area contributed by atoms with Gasteiger partial charge in [-0.3, -0.25) is 4.79 Å². The summed E-state index contributed by atoms with van der Waals surface area (Å²) < 4.78 is 5.61. The van der Waals surface area contributed by atoms with Crippen LogP contribution < -0.4 is 4.74 Å². The van der Waals surface area contributed by atoms with E-state index in [0.29, 0.717) is 12.2 Å². The van der Waals surface area contributed by atoms with E-state index >= 15 is 0 Å². The molecular weight excluding hydrogens is 408 g/mol. The van der Waals surface area contributed by atoms with Crippen molar-refractivity contribution in [2.75, 3.05) is 11.9 Å². The summed E-state index contributed by atoms with van der Waals surface area (Å²) >= 11 is 5.07. The molecule has 0 aliphatic carbocycles. The van der Waals surface area contributed by atoms with Crippen LogP contribution in [-0.4, -0.2) is 17.7 Å². The lowest BCUT2D eigenvalue weighted by atomic mass is 10.0. The Hall–Kier alpha value is -2.17. The van der Waals surface area contributed by atoms with Crippen LogP contribution in [0.25, 0.3) is 16.5 Å². The maximum Gasteiger partial charge on any atom is 0.185 e. The standard InChI is InChI=1S/C22H19BrO2S/c23-14-4-15-25-19-11-8-18(9-12-19)21(24)13-10-17-5-1-2-6-20(17)22-7-3-16-26-22/h1-3,5-13,16H,4,14-15H2. The molecule has 0 saturated carbocycles. The number of hydrogen-bond donors (Lipinski definition) is 0. The lowest BCUT2D eigenvalue weighted by Crippen LogP contribution is -1.99. The molecule has 0 atom stereocenters. The summed E-state index contributed by atoms with van der Waals surface area (Å²) in [4.78, 5) is 13.7. The van der Waals surface area contributed by atoms with Crippen LogP contribution in [0.2, 0.25) is 0 Å². The Morgan fingerprint density at radius 3 is 2.58 bits per heavy atom. The molecule has 0 radical (unpaired) electrons. The van der Waals surface area contributed by atoms with E-state index in [9.17, 15) is 4.79 Å². The highest BCUT2D eigenvalue weighted by Crippen LogP contribution is 2.28. The Bertz CT molecular complexity index is 867. The molecule has 2 aromatic carbocycles. The molecule has 3 rings (SSSR count). The second-order valence-electron chi connectivity index (χ2n) is 5.68. The number of carbonyl (C=O) groups is 1. The summed E-state index contributed by atoms with van der Waals surface area (Å²) in [5, 5.41) is 2.98. The highest BCUT2D eigenvalue weighted by molar-refractivity contribution is 9.09. The van der Waals surface area contributed by atoms with Gasteiger partial charge >= 0.3 is 0 Å². The molecule has 0 saturated heterocycles. The monoisotopic (exact) mass is 426 g/mol. The van der Waals surface area contributed by atoms with Gasteiger partial charge in [-0.05, 0) is 59.3 Å². The van der Waals surface area contributed by atoms with Gasteiger partial charge in [-0.1, -0.05) is 52.3 Å². The van der Waals surface area contributed by atoms with Crippen LogP contribution in [0.1, 0.15) is 22.3 Å². The molecule has 0 bridgehead atoms. The smallest absolute Gasteiger partial charge is 0.185 e. The number of allylic oxidation sites excluding steroid dienone is 1.